The molecule has 0 aliphatic heterocycles. The number of hydrogen-bond donors (Lipinski definition) is 2. The number of phenolic OH excluding ortho intramolecular Hbond substituents is 1. The lowest BCUT2D eigenvalue weighted by Crippen LogP contribution is -2.09. The molecule has 0 amide bonds. The van der Waals surface area contributed by atoms with Gasteiger partial charge in [-0.25, -0.2) is 0 Å². The molecule has 0 bridgehead atoms. The minimum Gasteiger partial charge on any atom is -0.506 e. The average molecular weight is 312 g/mol. The quantitative estimate of drug-likeness (QED) is 0.895. The van der Waals surface area contributed by atoms with Crippen LogP contribution >= 0.6 is 15.9 Å². The highest BCUT2D eigenvalue weighted by Crippen LogP contribution is 2.40. The van der Waals surface area contributed by atoms with Gasteiger partial charge in [-0.1, -0.05) is 6.92 Å². The fourth-order valence-corrected chi connectivity index (χ4v) is 2.04. The lowest BCUT2D eigenvalue weighted by atomic mass is 9.95. The Balaban J connectivity index is 3.25. The van der Waals surface area contributed by atoms with Crippen LogP contribution in [0.1, 0.15) is 30.4 Å². The summed E-state index contributed by atoms with van der Waals surface area (Å²) in [5, 5.41) is 9.73. The van der Waals surface area contributed by atoms with E-state index in [-0.39, 0.29) is 21.7 Å². The van der Waals surface area contributed by atoms with Crippen molar-refractivity contribution >= 4 is 15.9 Å². The minimum atomic E-state index is -4.42. The van der Waals surface area contributed by atoms with Crippen molar-refractivity contribution < 1.29 is 18.3 Å². The van der Waals surface area contributed by atoms with Crippen LogP contribution in [0.15, 0.2) is 16.6 Å². The van der Waals surface area contributed by atoms with Crippen LogP contribution in [0, 0.1) is 0 Å². The molecule has 3 N–H and O–H groups in total. The van der Waals surface area contributed by atoms with Gasteiger partial charge in [-0.05, 0) is 52.5 Å². The summed E-state index contributed by atoms with van der Waals surface area (Å²) in [4.78, 5) is 0. The molecule has 1 atom stereocenters. The van der Waals surface area contributed by atoms with Crippen LogP contribution in [-0.4, -0.2) is 11.7 Å². The Bertz CT molecular complexity index is 406. The number of benzene rings is 1. The van der Waals surface area contributed by atoms with E-state index in [1.165, 1.54) is 0 Å². The van der Waals surface area contributed by atoms with Gasteiger partial charge in [0.25, 0.3) is 0 Å². The Kier molecular flexibility index (Phi) is 4.43. The van der Waals surface area contributed by atoms with E-state index < -0.39 is 11.7 Å². The summed E-state index contributed by atoms with van der Waals surface area (Å²) in [6.45, 7) is 2.09. The Morgan fingerprint density at radius 2 is 2.00 bits per heavy atom. The number of alkyl halides is 3. The molecule has 96 valence electrons. The SMILES string of the molecule is CC(CCN)c1cc(C(F)(F)F)cc(Br)c1O. The molecule has 0 radical (unpaired) electrons. The summed E-state index contributed by atoms with van der Waals surface area (Å²) in [5.41, 5.74) is 4.85. The highest BCUT2D eigenvalue weighted by atomic mass is 79.9. The topological polar surface area (TPSA) is 46.2 Å². The molecular weight excluding hydrogens is 299 g/mol. The molecule has 1 aromatic rings. The molecule has 0 heterocycles. The average Bonchev–Trinajstić information content (AvgIpc) is 2.20. The van der Waals surface area contributed by atoms with Crippen molar-refractivity contribution in [1.82, 2.24) is 0 Å². The molecule has 0 aliphatic carbocycles. The monoisotopic (exact) mass is 311 g/mol. The van der Waals surface area contributed by atoms with E-state index in [2.05, 4.69) is 15.9 Å². The largest absolute Gasteiger partial charge is 0.506 e. The van der Waals surface area contributed by atoms with Gasteiger partial charge in [0.15, 0.2) is 0 Å². The van der Waals surface area contributed by atoms with E-state index in [9.17, 15) is 18.3 Å². The fraction of sp³-hybridized carbons (Fsp3) is 0.455. The van der Waals surface area contributed by atoms with E-state index in [1.807, 2.05) is 0 Å². The zero-order valence-corrected chi connectivity index (χ0v) is 10.8. The lowest BCUT2D eigenvalue weighted by Gasteiger charge is -2.16. The summed E-state index contributed by atoms with van der Waals surface area (Å²) in [5.74, 6) is -0.377. The van der Waals surface area contributed by atoms with Crippen LogP contribution in [0.3, 0.4) is 0 Å². The van der Waals surface area contributed by atoms with E-state index in [4.69, 9.17) is 5.73 Å². The summed E-state index contributed by atoms with van der Waals surface area (Å²) in [6.07, 6.45) is -3.91. The van der Waals surface area contributed by atoms with Gasteiger partial charge in [0.2, 0.25) is 0 Å². The first-order valence-corrected chi connectivity index (χ1v) is 5.86. The van der Waals surface area contributed by atoms with Crippen LogP contribution in [-0.2, 0) is 6.18 Å². The zero-order valence-electron chi connectivity index (χ0n) is 9.18. The van der Waals surface area contributed by atoms with Gasteiger partial charge in [0, 0.05) is 0 Å². The van der Waals surface area contributed by atoms with Crippen LogP contribution in [0.5, 0.6) is 5.75 Å². The second-order valence-corrected chi connectivity index (χ2v) is 4.73. The molecule has 0 saturated heterocycles. The highest BCUT2D eigenvalue weighted by molar-refractivity contribution is 9.10. The van der Waals surface area contributed by atoms with Crippen molar-refractivity contribution in [2.24, 2.45) is 5.73 Å². The number of nitrogens with two attached hydrogens (primary N) is 1. The Morgan fingerprint density at radius 1 is 1.41 bits per heavy atom. The summed E-state index contributed by atoms with van der Waals surface area (Å²) >= 11 is 2.93. The molecule has 0 aromatic heterocycles. The molecule has 0 aliphatic rings. The van der Waals surface area contributed by atoms with Crippen molar-refractivity contribution in [3.63, 3.8) is 0 Å². The summed E-state index contributed by atoms with van der Waals surface area (Å²) < 4.78 is 37.9. The van der Waals surface area contributed by atoms with Gasteiger partial charge in [-0.3, -0.25) is 0 Å². The van der Waals surface area contributed by atoms with Gasteiger partial charge in [-0.2, -0.15) is 13.2 Å². The number of phenols is 1. The zero-order chi connectivity index (χ0) is 13.2. The van der Waals surface area contributed by atoms with Crippen molar-refractivity contribution in [3.05, 3.63) is 27.7 Å². The van der Waals surface area contributed by atoms with Gasteiger partial charge < -0.3 is 10.8 Å². The normalized spacial score (nSPS) is 13.8. The third kappa shape index (κ3) is 3.35. The highest BCUT2D eigenvalue weighted by Gasteiger charge is 2.32. The maximum atomic E-state index is 12.6. The maximum absolute atomic E-state index is 12.6. The molecule has 0 spiro atoms. The van der Waals surface area contributed by atoms with E-state index >= 15 is 0 Å². The third-order valence-corrected chi connectivity index (χ3v) is 3.16. The van der Waals surface area contributed by atoms with Gasteiger partial charge in [0.05, 0.1) is 10.0 Å². The van der Waals surface area contributed by atoms with Crippen molar-refractivity contribution in [3.8, 4) is 5.75 Å². The fourth-order valence-electron chi connectivity index (χ4n) is 1.57. The minimum absolute atomic E-state index is 0.0474. The first-order valence-electron chi connectivity index (χ1n) is 5.07. The third-order valence-electron chi connectivity index (χ3n) is 2.55. The smallest absolute Gasteiger partial charge is 0.416 e. The molecule has 1 unspecified atom stereocenters. The van der Waals surface area contributed by atoms with Gasteiger partial charge >= 0.3 is 6.18 Å². The second-order valence-electron chi connectivity index (χ2n) is 3.87. The molecule has 0 fully saturated rings. The summed E-state index contributed by atoms with van der Waals surface area (Å²) in [6, 6.07) is 1.84. The van der Waals surface area contributed by atoms with E-state index in [0.717, 1.165) is 12.1 Å². The molecule has 2 nitrogen and oxygen atoms in total. The number of rotatable bonds is 3. The molecule has 6 heteroatoms. The van der Waals surface area contributed by atoms with Crippen LogP contribution in [0.2, 0.25) is 0 Å². The number of hydrogen-bond acceptors (Lipinski definition) is 2. The van der Waals surface area contributed by atoms with Crippen molar-refractivity contribution in [2.45, 2.75) is 25.4 Å². The first kappa shape index (κ1) is 14.3. The standard InChI is InChI=1S/C11H13BrF3NO/c1-6(2-3-16)8-4-7(11(13,14)15)5-9(12)10(8)17/h4-6,17H,2-3,16H2,1H3. The van der Waals surface area contributed by atoms with Crippen LogP contribution in [0.25, 0.3) is 0 Å². The summed E-state index contributed by atoms with van der Waals surface area (Å²) in [7, 11) is 0. The number of halogens is 4. The maximum Gasteiger partial charge on any atom is 0.416 e. The number of aromatic hydroxyl groups is 1. The Hall–Kier alpha value is -0.750. The molecular formula is C11H13BrF3NO. The Morgan fingerprint density at radius 3 is 2.47 bits per heavy atom. The molecule has 1 rings (SSSR count). The van der Waals surface area contributed by atoms with Crippen molar-refractivity contribution in [2.75, 3.05) is 6.54 Å². The molecule has 0 saturated carbocycles. The van der Waals surface area contributed by atoms with Crippen molar-refractivity contribution in [1.29, 1.82) is 0 Å². The second kappa shape index (κ2) is 5.27. The first-order chi connectivity index (χ1) is 7.77. The van der Waals surface area contributed by atoms with Crippen LogP contribution in [0.4, 0.5) is 13.2 Å². The predicted molar refractivity (Wildman–Crippen MR) is 62.9 cm³/mol. The van der Waals surface area contributed by atoms with E-state index in [1.54, 1.807) is 6.92 Å². The van der Waals surface area contributed by atoms with E-state index in [0.29, 0.717) is 13.0 Å². The van der Waals surface area contributed by atoms with Gasteiger partial charge in [0.1, 0.15) is 5.75 Å². The lowest BCUT2D eigenvalue weighted by molar-refractivity contribution is -0.137. The molecule has 1 aromatic carbocycles. The predicted octanol–water partition coefficient (Wildman–Crippen LogP) is 3.63. The van der Waals surface area contributed by atoms with Crippen LogP contribution < -0.4 is 5.73 Å². The Labute approximate surface area is 106 Å². The van der Waals surface area contributed by atoms with Gasteiger partial charge in [-0.15, -0.1) is 0 Å². The molecule has 17 heavy (non-hydrogen) atoms.